The van der Waals surface area contributed by atoms with Crippen molar-refractivity contribution in [1.29, 1.82) is 0 Å². The smallest absolute Gasteiger partial charge is 0.345 e. The number of carbonyl (C=O) groups is 1. The predicted molar refractivity (Wildman–Crippen MR) is 51.5 cm³/mol. The SMILES string of the molecule is COC(=O)c1c(=O)[nH]cc2cncnc12. The Morgan fingerprint density at radius 1 is 1.53 bits per heavy atom. The first-order chi connectivity index (χ1) is 7.24. The first-order valence-electron chi connectivity index (χ1n) is 4.13. The third-order valence-electron chi connectivity index (χ3n) is 1.95. The van der Waals surface area contributed by atoms with E-state index in [4.69, 9.17) is 0 Å². The minimum atomic E-state index is -0.708. The van der Waals surface area contributed by atoms with Gasteiger partial charge in [-0.05, 0) is 0 Å². The van der Waals surface area contributed by atoms with Gasteiger partial charge in [0, 0.05) is 17.8 Å². The van der Waals surface area contributed by atoms with Crippen molar-refractivity contribution in [3.05, 3.63) is 34.6 Å². The quantitative estimate of drug-likeness (QED) is 0.667. The lowest BCUT2D eigenvalue weighted by Gasteiger charge is -2.01. The molecule has 2 aromatic heterocycles. The predicted octanol–water partition coefficient (Wildman–Crippen LogP) is 0.105. The molecule has 0 saturated carbocycles. The molecule has 0 atom stereocenters. The van der Waals surface area contributed by atoms with Crippen molar-refractivity contribution in [2.75, 3.05) is 7.11 Å². The third kappa shape index (κ3) is 1.45. The van der Waals surface area contributed by atoms with Crippen LogP contribution < -0.4 is 5.56 Å². The molecule has 0 spiro atoms. The summed E-state index contributed by atoms with van der Waals surface area (Å²) in [5.41, 5.74) is -0.328. The number of aromatic nitrogens is 3. The zero-order chi connectivity index (χ0) is 10.8. The second-order valence-electron chi connectivity index (χ2n) is 2.81. The van der Waals surface area contributed by atoms with Gasteiger partial charge in [-0.25, -0.2) is 14.8 Å². The van der Waals surface area contributed by atoms with Crippen molar-refractivity contribution >= 4 is 16.9 Å². The van der Waals surface area contributed by atoms with E-state index in [2.05, 4.69) is 19.7 Å². The van der Waals surface area contributed by atoms with Gasteiger partial charge < -0.3 is 9.72 Å². The Kier molecular flexibility index (Phi) is 2.17. The summed E-state index contributed by atoms with van der Waals surface area (Å²) in [5, 5.41) is 0.581. The average Bonchev–Trinajstić information content (AvgIpc) is 2.28. The van der Waals surface area contributed by atoms with Crippen LogP contribution in [0.2, 0.25) is 0 Å². The van der Waals surface area contributed by atoms with Gasteiger partial charge in [-0.3, -0.25) is 4.79 Å². The second-order valence-corrected chi connectivity index (χ2v) is 2.81. The maximum absolute atomic E-state index is 11.4. The molecular formula is C9H7N3O3. The number of esters is 1. The van der Waals surface area contributed by atoms with Gasteiger partial charge in [-0.2, -0.15) is 0 Å². The molecule has 0 aromatic carbocycles. The molecule has 2 rings (SSSR count). The summed E-state index contributed by atoms with van der Waals surface area (Å²) in [5.74, 6) is -0.708. The highest BCUT2D eigenvalue weighted by Crippen LogP contribution is 2.10. The van der Waals surface area contributed by atoms with Crippen molar-refractivity contribution in [3.63, 3.8) is 0 Å². The highest BCUT2D eigenvalue weighted by Gasteiger charge is 2.16. The number of nitrogens with one attached hydrogen (secondary N) is 1. The Morgan fingerprint density at radius 3 is 3.07 bits per heavy atom. The molecule has 6 heteroatoms. The Labute approximate surface area is 83.9 Å². The summed E-state index contributed by atoms with van der Waals surface area (Å²) in [4.78, 5) is 32.8. The minimum Gasteiger partial charge on any atom is -0.465 e. The van der Waals surface area contributed by atoms with Gasteiger partial charge in [-0.15, -0.1) is 0 Å². The molecule has 0 unspecified atom stereocenters. The fourth-order valence-electron chi connectivity index (χ4n) is 1.27. The van der Waals surface area contributed by atoms with Crippen LogP contribution in [0.4, 0.5) is 0 Å². The lowest BCUT2D eigenvalue weighted by molar-refractivity contribution is 0.0601. The molecule has 0 bridgehead atoms. The third-order valence-corrected chi connectivity index (χ3v) is 1.95. The van der Waals surface area contributed by atoms with E-state index in [-0.39, 0.29) is 5.56 Å². The highest BCUT2D eigenvalue weighted by atomic mass is 16.5. The highest BCUT2D eigenvalue weighted by molar-refractivity contribution is 6.01. The fraction of sp³-hybridized carbons (Fsp3) is 0.111. The molecule has 6 nitrogen and oxygen atoms in total. The number of pyridine rings is 1. The minimum absolute atomic E-state index is 0.0996. The number of methoxy groups -OCH3 is 1. The van der Waals surface area contributed by atoms with Gasteiger partial charge in [0.1, 0.15) is 6.33 Å². The van der Waals surface area contributed by atoms with Crippen LogP contribution in [0.1, 0.15) is 10.4 Å². The monoisotopic (exact) mass is 205 g/mol. The van der Waals surface area contributed by atoms with Crippen molar-refractivity contribution in [3.8, 4) is 0 Å². The van der Waals surface area contributed by atoms with E-state index in [1.165, 1.54) is 25.8 Å². The summed E-state index contributed by atoms with van der Waals surface area (Å²) in [7, 11) is 1.21. The van der Waals surface area contributed by atoms with E-state index in [1.54, 1.807) is 0 Å². The van der Waals surface area contributed by atoms with Gasteiger partial charge in [-0.1, -0.05) is 0 Å². The molecule has 15 heavy (non-hydrogen) atoms. The summed E-state index contributed by atoms with van der Waals surface area (Å²) < 4.78 is 4.51. The summed E-state index contributed by atoms with van der Waals surface area (Å²) in [6.45, 7) is 0. The van der Waals surface area contributed by atoms with E-state index in [0.717, 1.165) is 0 Å². The summed E-state index contributed by atoms with van der Waals surface area (Å²) in [6, 6.07) is 0. The molecule has 0 saturated heterocycles. The summed E-state index contributed by atoms with van der Waals surface area (Å²) >= 11 is 0. The van der Waals surface area contributed by atoms with Crippen molar-refractivity contribution < 1.29 is 9.53 Å². The van der Waals surface area contributed by atoms with Crippen LogP contribution in [0.15, 0.2) is 23.5 Å². The molecule has 0 amide bonds. The summed E-state index contributed by atoms with van der Waals surface area (Å²) in [6.07, 6.45) is 4.23. The van der Waals surface area contributed by atoms with Gasteiger partial charge >= 0.3 is 5.97 Å². The number of rotatable bonds is 1. The van der Waals surface area contributed by atoms with Crippen LogP contribution in [0.5, 0.6) is 0 Å². The Hall–Kier alpha value is -2.24. The van der Waals surface area contributed by atoms with E-state index in [1.807, 2.05) is 0 Å². The van der Waals surface area contributed by atoms with Crippen molar-refractivity contribution in [2.45, 2.75) is 0 Å². The van der Waals surface area contributed by atoms with Crippen molar-refractivity contribution in [1.82, 2.24) is 15.0 Å². The molecular weight excluding hydrogens is 198 g/mol. The molecule has 1 N–H and O–H groups in total. The van der Waals surface area contributed by atoms with Crippen molar-refractivity contribution in [2.24, 2.45) is 0 Å². The van der Waals surface area contributed by atoms with Crippen LogP contribution in [0.3, 0.4) is 0 Å². The molecule has 0 radical (unpaired) electrons. The lowest BCUT2D eigenvalue weighted by Crippen LogP contribution is -2.19. The maximum Gasteiger partial charge on any atom is 0.345 e. The normalized spacial score (nSPS) is 10.2. The van der Waals surface area contributed by atoms with E-state index >= 15 is 0 Å². The van der Waals surface area contributed by atoms with Crippen LogP contribution >= 0.6 is 0 Å². The van der Waals surface area contributed by atoms with Gasteiger partial charge in [0.15, 0.2) is 5.56 Å². The Balaban J connectivity index is 2.86. The lowest BCUT2D eigenvalue weighted by atomic mass is 10.2. The van der Waals surface area contributed by atoms with E-state index in [0.29, 0.717) is 10.9 Å². The number of carbonyl (C=O) groups excluding carboxylic acids is 1. The van der Waals surface area contributed by atoms with Gasteiger partial charge in [0.05, 0.1) is 12.6 Å². The standard InChI is InChI=1S/C9H7N3O3/c1-15-9(14)6-7-5(2-10-4-12-7)3-11-8(6)13/h2-4H,1H3,(H,11,13). The molecule has 0 aliphatic rings. The number of fused-ring (bicyclic) bond motifs is 1. The number of aromatic amines is 1. The zero-order valence-corrected chi connectivity index (χ0v) is 7.85. The number of ether oxygens (including phenoxy) is 1. The molecule has 2 aromatic rings. The van der Waals surface area contributed by atoms with E-state index < -0.39 is 11.5 Å². The first-order valence-corrected chi connectivity index (χ1v) is 4.13. The number of hydrogen-bond donors (Lipinski definition) is 1. The topological polar surface area (TPSA) is 84.9 Å². The zero-order valence-electron chi connectivity index (χ0n) is 7.85. The molecule has 76 valence electrons. The molecule has 0 aliphatic carbocycles. The van der Waals surface area contributed by atoms with Crippen LogP contribution in [-0.2, 0) is 4.74 Å². The molecule has 0 fully saturated rings. The van der Waals surface area contributed by atoms with Crippen LogP contribution in [-0.4, -0.2) is 28.0 Å². The van der Waals surface area contributed by atoms with Crippen LogP contribution in [0, 0.1) is 0 Å². The second kappa shape index (κ2) is 3.49. The Bertz CT molecular complexity index is 576. The van der Waals surface area contributed by atoms with Gasteiger partial charge in [0.25, 0.3) is 5.56 Å². The van der Waals surface area contributed by atoms with Crippen LogP contribution in [0.25, 0.3) is 10.9 Å². The Morgan fingerprint density at radius 2 is 2.33 bits per heavy atom. The van der Waals surface area contributed by atoms with E-state index in [9.17, 15) is 9.59 Å². The largest absolute Gasteiger partial charge is 0.465 e. The molecule has 0 aliphatic heterocycles. The van der Waals surface area contributed by atoms with Gasteiger partial charge in [0.2, 0.25) is 0 Å². The fourth-order valence-corrected chi connectivity index (χ4v) is 1.27. The average molecular weight is 205 g/mol. The first kappa shape index (κ1) is 9.32. The maximum atomic E-state index is 11.4. The number of nitrogens with zero attached hydrogens (tertiary/aromatic N) is 2. The molecule has 2 heterocycles. The number of hydrogen-bond acceptors (Lipinski definition) is 5. The number of H-pyrrole nitrogens is 1.